The predicted octanol–water partition coefficient (Wildman–Crippen LogP) is -0.403. The zero-order valence-electron chi connectivity index (χ0n) is 9.64. The lowest BCUT2D eigenvalue weighted by atomic mass is 10.0. The highest BCUT2D eigenvalue weighted by Crippen LogP contribution is 2.24. The maximum absolute atomic E-state index is 7.53. The average Bonchev–Trinajstić information content (AvgIpc) is 2.86. The molecule has 0 spiro atoms. The Kier molecular flexibility index (Phi) is 1.65. The first-order valence-electron chi connectivity index (χ1n) is 5.93. The summed E-state index contributed by atoms with van der Waals surface area (Å²) in [5, 5.41) is 15.3. The molecule has 8 heteroatoms. The van der Waals surface area contributed by atoms with Crippen LogP contribution < -0.4 is 11.4 Å². The van der Waals surface area contributed by atoms with E-state index >= 15 is 0 Å². The van der Waals surface area contributed by atoms with Gasteiger partial charge in [-0.2, -0.15) is 19.2 Å². The molecule has 3 aliphatic rings. The van der Waals surface area contributed by atoms with Crippen molar-refractivity contribution in [1.29, 1.82) is 5.41 Å². The SMILES string of the molecule is N=c1nc(N)c2nn3c4c([nH]n3c-2n1)CCCC4. The first-order chi connectivity index (χ1) is 8.74. The summed E-state index contributed by atoms with van der Waals surface area (Å²) in [5.41, 5.74) is 8.60. The van der Waals surface area contributed by atoms with Gasteiger partial charge < -0.3 is 5.73 Å². The largest absolute Gasteiger partial charge is 0.382 e. The number of hydrogen-bond acceptors (Lipinski definition) is 5. The van der Waals surface area contributed by atoms with Crippen molar-refractivity contribution in [3.63, 3.8) is 0 Å². The number of aromatic amines is 1. The molecule has 1 aliphatic carbocycles. The quantitative estimate of drug-likeness (QED) is 0.499. The number of nitrogens with one attached hydrogen (secondary N) is 2. The van der Waals surface area contributed by atoms with Gasteiger partial charge in [-0.25, -0.2) is 0 Å². The standard InChI is InChI=1S/C10H12N8/c11-8-7-9(14-10(12)13-8)18-15-5-3-1-2-4-6(5)17(18)16-7/h15H,1-4H2,(H3,11,12,13). The van der Waals surface area contributed by atoms with Crippen LogP contribution in [0.1, 0.15) is 24.2 Å². The summed E-state index contributed by atoms with van der Waals surface area (Å²) in [4.78, 5) is 7.91. The van der Waals surface area contributed by atoms with Crippen LogP contribution in [-0.2, 0) is 12.8 Å². The highest BCUT2D eigenvalue weighted by Gasteiger charge is 2.23. The summed E-state index contributed by atoms with van der Waals surface area (Å²) in [6.45, 7) is 0. The number of nitrogens with two attached hydrogens (primary N) is 1. The second-order valence-corrected chi connectivity index (χ2v) is 4.55. The monoisotopic (exact) mass is 244 g/mol. The van der Waals surface area contributed by atoms with Gasteiger partial charge in [0, 0.05) is 0 Å². The number of rotatable bonds is 0. The maximum Gasteiger partial charge on any atom is 0.246 e. The van der Waals surface area contributed by atoms with Crippen molar-refractivity contribution in [1.82, 2.24) is 29.4 Å². The maximum atomic E-state index is 7.53. The Morgan fingerprint density at radius 2 is 2.06 bits per heavy atom. The molecule has 0 unspecified atom stereocenters. The zero-order chi connectivity index (χ0) is 12.3. The van der Waals surface area contributed by atoms with Gasteiger partial charge in [-0.15, -0.1) is 5.10 Å². The van der Waals surface area contributed by atoms with Crippen LogP contribution in [0.4, 0.5) is 5.82 Å². The van der Waals surface area contributed by atoms with Crippen LogP contribution in [0.3, 0.4) is 0 Å². The topological polar surface area (TPSA) is 113 Å². The first-order valence-corrected chi connectivity index (χ1v) is 5.93. The molecule has 3 heterocycles. The van der Waals surface area contributed by atoms with Gasteiger partial charge in [-0.05, 0) is 25.7 Å². The number of fused-ring (bicyclic) bond motifs is 5. The lowest BCUT2D eigenvalue weighted by molar-refractivity contribution is 0.628. The van der Waals surface area contributed by atoms with E-state index < -0.39 is 0 Å². The van der Waals surface area contributed by atoms with Gasteiger partial charge in [0.15, 0.2) is 11.5 Å². The van der Waals surface area contributed by atoms with Crippen molar-refractivity contribution in [2.24, 2.45) is 0 Å². The van der Waals surface area contributed by atoms with Gasteiger partial charge in [0.05, 0.1) is 11.4 Å². The van der Waals surface area contributed by atoms with E-state index in [4.69, 9.17) is 11.1 Å². The smallest absolute Gasteiger partial charge is 0.246 e. The molecule has 0 atom stereocenters. The molecule has 0 saturated carbocycles. The summed E-state index contributed by atoms with van der Waals surface area (Å²) < 4.78 is 3.55. The zero-order valence-corrected chi connectivity index (χ0v) is 9.64. The van der Waals surface area contributed by atoms with Gasteiger partial charge >= 0.3 is 0 Å². The minimum Gasteiger partial charge on any atom is -0.382 e. The summed E-state index contributed by atoms with van der Waals surface area (Å²) in [6.07, 6.45) is 4.39. The number of H-pyrrole nitrogens is 1. The molecular formula is C10H12N8. The highest BCUT2D eigenvalue weighted by molar-refractivity contribution is 5.63. The molecule has 92 valence electrons. The Hall–Kier alpha value is -2.38. The Morgan fingerprint density at radius 3 is 2.94 bits per heavy atom. The van der Waals surface area contributed by atoms with Gasteiger partial charge in [0.1, 0.15) is 0 Å². The van der Waals surface area contributed by atoms with E-state index in [1.807, 2.05) is 0 Å². The van der Waals surface area contributed by atoms with Crippen molar-refractivity contribution in [2.45, 2.75) is 25.7 Å². The van der Waals surface area contributed by atoms with Crippen LogP contribution in [0.15, 0.2) is 0 Å². The molecule has 0 bridgehead atoms. The molecule has 2 aliphatic heterocycles. The molecule has 0 saturated heterocycles. The van der Waals surface area contributed by atoms with Gasteiger partial charge in [-0.3, -0.25) is 10.5 Å². The summed E-state index contributed by atoms with van der Waals surface area (Å²) >= 11 is 0. The fourth-order valence-electron chi connectivity index (χ4n) is 2.57. The van der Waals surface area contributed by atoms with Gasteiger partial charge in [0.25, 0.3) is 0 Å². The normalized spacial score (nSPS) is 15.3. The molecule has 1 aromatic heterocycles. The number of nitrogen functional groups attached to an aromatic ring is 1. The molecule has 0 aromatic carbocycles. The Labute approximate surface area is 101 Å². The summed E-state index contributed by atoms with van der Waals surface area (Å²) in [6, 6.07) is 0. The minimum atomic E-state index is -0.0880. The number of nitrogens with zero attached hydrogens (tertiary/aromatic N) is 5. The average molecular weight is 244 g/mol. The second-order valence-electron chi connectivity index (χ2n) is 4.55. The van der Waals surface area contributed by atoms with Crippen molar-refractivity contribution in [3.05, 3.63) is 17.0 Å². The van der Waals surface area contributed by atoms with Crippen LogP contribution in [0.25, 0.3) is 11.5 Å². The van der Waals surface area contributed by atoms with Crippen LogP contribution in [0.2, 0.25) is 0 Å². The third kappa shape index (κ3) is 1.09. The number of anilines is 1. The first kappa shape index (κ1) is 9.63. The van der Waals surface area contributed by atoms with Crippen LogP contribution in [0, 0.1) is 5.41 Å². The molecule has 8 nitrogen and oxygen atoms in total. The Balaban J connectivity index is 2.15. The van der Waals surface area contributed by atoms with E-state index in [0.717, 1.165) is 12.8 Å². The van der Waals surface area contributed by atoms with E-state index in [2.05, 4.69) is 20.2 Å². The second kappa shape index (κ2) is 3.09. The van der Waals surface area contributed by atoms with Crippen molar-refractivity contribution >= 4 is 5.82 Å². The predicted molar refractivity (Wildman–Crippen MR) is 62.1 cm³/mol. The van der Waals surface area contributed by atoms with E-state index in [9.17, 15) is 0 Å². The van der Waals surface area contributed by atoms with E-state index in [0.29, 0.717) is 11.5 Å². The number of aryl methyl sites for hydroxylation is 2. The van der Waals surface area contributed by atoms with Gasteiger partial charge in [0.2, 0.25) is 11.4 Å². The molecule has 4 rings (SSSR count). The fourth-order valence-corrected chi connectivity index (χ4v) is 2.57. The van der Waals surface area contributed by atoms with Crippen molar-refractivity contribution in [2.75, 3.05) is 5.73 Å². The van der Waals surface area contributed by atoms with Gasteiger partial charge in [-0.1, -0.05) is 0 Å². The highest BCUT2D eigenvalue weighted by atomic mass is 15.6. The van der Waals surface area contributed by atoms with Crippen LogP contribution in [-0.4, -0.2) is 29.4 Å². The Bertz CT molecular complexity index is 775. The third-order valence-corrected chi connectivity index (χ3v) is 3.40. The van der Waals surface area contributed by atoms with E-state index in [-0.39, 0.29) is 11.4 Å². The Morgan fingerprint density at radius 1 is 1.22 bits per heavy atom. The molecule has 4 N–H and O–H groups in total. The molecular weight excluding hydrogens is 232 g/mol. The lowest BCUT2D eigenvalue weighted by Crippen LogP contribution is -2.16. The van der Waals surface area contributed by atoms with Crippen LogP contribution >= 0.6 is 0 Å². The third-order valence-electron chi connectivity index (χ3n) is 3.40. The summed E-state index contributed by atoms with van der Waals surface area (Å²) in [5.74, 6) is 0.807. The molecule has 0 radical (unpaired) electrons. The van der Waals surface area contributed by atoms with E-state index in [1.54, 1.807) is 9.26 Å². The minimum absolute atomic E-state index is 0.0880. The fraction of sp³-hybridized carbons (Fsp3) is 0.400. The van der Waals surface area contributed by atoms with Crippen molar-refractivity contribution in [3.8, 4) is 11.5 Å². The number of hydrogen-bond donors (Lipinski definition) is 3. The molecule has 0 fully saturated rings. The van der Waals surface area contributed by atoms with Crippen LogP contribution in [0.5, 0.6) is 0 Å². The number of aromatic nitrogens is 6. The van der Waals surface area contributed by atoms with Crippen molar-refractivity contribution < 1.29 is 0 Å². The van der Waals surface area contributed by atoms with E-state index in [1.165, 1.54) is 24.2 Å². The lowest BCUT2D eigenvalue weighted by Gasteiger charge is -2.08. The molecule has 0 amide bonds. The molecule has 18 heavy (non-hydrogen) atoms. The molecule has 1 aromatic rings. The summed E-state index contributed by atoms with van der Waals surface area (Å²) in [7, 11) is 0.